The van der Waals surface area contributed by atoms with Crippen LogP contribution < -0.4 is 0 Å². The zero-order valence-electron chi connectivity index (χ0n) is 13.3. The van der Waals surface area contributed by atoms with Crippen LogP contribution in [-0.4, -0.2) is 23.6 Å². The summed E-state index contributed by atoms with van der Waals surface area (Å²) in [5, 5.41) is 0. The topological polar surface area (TPSA) is 80.5 Å². The molecule has 0 N–H and O–H groups in total. The van der Waals surface area contributed by atoms with Crippen molar-refractivity contribution in [3.8, 4) is 11.5 Å². The van der Waals surface area contributed by atoms with Crippen molar-refractivity contribution >= 4 is 15.9 Å². The van der Waals surface area contributed by atoms with Crippen LogP contribution in [-0.2, 0) is 16.6 Å². The number of hydrogen-bond acceptors (Lipinski definition) is 5. The lowest BCUT2D eigenvalue weighted by Crippen LogP contribution is -2.29. The summed E-state index contributed by atoms with van der Waals surface area (Å²) < 4.78 is 31.4. The largest absolute Gasteiger partial charge is 0.444 e. The van der Waals surface area contributed by atoms with Crippen LogP contribution in [0.2, 0.25) is 0 Å². The van der Waals surface area contributed by atoms with Crippen LogP contribution in [0.4, 0.5) is 0 Å². The average molecular weight is 354 g/mol. The predicted octanol–water partition coefficient (Wildman–Crippen LogP) is 2.99. The Labute approximate surface area is 144 Å². The van der Waals surface area contributed by atoms with E-state index in [1.54, 1.807) is 12.1 Å². The molecule has 0 bridgehead atoms. The number of fused-ring (bicyclic) bond motifs is 1. The first kappa shape index (κ1) is 15.6. The zero-order valence-corrected chi connectivity index (χ0v) is 14.2. The van der Waals surface area contributed by atoms with E-state index >= 15 is 0 Å². The van der Waals surface area contributed by atoms with E-state index < -0.39 is 15.9 Å². The number of aromatic nitrogens is 1. The van der Waals surface area contributed by atoms with Gasteiger partial charge in [0.2, 0.25) is 5.89 Å². The summed E-state index contributed by atoms with van der Waals surface area (Å²) in [6.07, 6.45) is 1.38. The van der Waals surface area contributed by atoms with Gasteiger partial charge in [-0.25, -0.2) is 17.7 Å². The first-order chi connectivity index (χ1) is 12.0. The van der Waals surface area contributed by atoms with E-state index in [9.17, 15) is 13.2 Å². The summed E-state index contributed by atoms with van der Waals surface area (Å²) in [5.41, 5.74) is 2.46. The molecule has 7 heteroatoms. The maximum absolute atomic E-state index is 12.6. The molecule has 0 atom stereocenters. The molecule has 2 aromatic carbocycles. The maximum Gasteiger partial charge on any atom is 0.269 e. The molecule has 0 saturated carbocycles. The third-order valence-corrected chi connectivity index (χ3v) is 5.85. The van der Waals surface area contributed by atoms with Gasteiger partial charge in [0.25, 0.3) is 15.9 Å². The number of carbonyl (C=O) groups is 1. The van der Waals surface area contributed by atoms with Crippen LogP contribution in [0.5, 0.6) is 0 Å². The number of rotatable bonds is 3. The van der Waals surface area contributed by atoms with Crippen molar-refractivity contribution < 1.29 is 17.6 Å². The minimum Gasteiger partial charge on any atom is -0.444 e. The van der Waals surface area contributed by atoms with Gasteiger partial charge >= 0.3 is 0 Å². The molecule has 6 nitrogen and oxygen atoms in total. The van der Waals surface area contributed by atoms with E-state index in [0.29, 0.717) is 11.6 Å². The normalized spacial score (nSPS) is 15.4. The molecule has 0 fully saturated rings. The fourth-order valence-electron chi connectivity index (χ4n) is 2.74. The number of nitrogens with zero attached hydrogens (tertiary/aromatic N) is 2. The van der Waals surface area contributed by atoms with Gasteiger partial charge in [0, 0.05) is 5.56 Å². The molecule has 2 heterocycles. The van der Waals surface area contributed by atoms with Crippen LogP contribution >= 0.6 is 0 Å². The summed E-state index contributed by atoms with van der Waals surface area (Å²) in [4.78, 5) is 16.8. The first-order valence-corrected chi connectivity index (χ1v) is 9.08. The molecule has 126 valence electrons. The van der Waals surface area contributed by atoms with E-state index in [-0.39, 0.29) is 17.0 Å². The molecule has 25 heavy (non-hydrogen) atoms. The van der Waals surface area contributed by atoms with Crippen molar-refractivity contribution in [3.05, 3.63) is 71.6 Å². The first-order valence-electron chi connectivity index (χ1n) is 7.64. The van der Waals surface area contributed by atoms with Gasteiger partial charge < -0.3 is 4.42 Å². The minimum absolute atomic E-state index is 0.0299. The highest BCUT2D eigenvalue weighted by Crippen LogP contribution is 2.31. The van der Waals surface area contributed by atoms with Crippen molar-refractivity contribution in [1.82, 2.24) is 9.29 Å². The Kier molecular flexibility index (Phi) is 3.47. The fraction of sp³-hybridized carbons (Fsp3) is 0.111. The van der Waals surface area contributed by atoms with Crippen molar-refractivity contribution in [1.29, 1.82) is 0 Å². The molecule has 1 aliphatic heterocycles. The number of carbonyl (C=O) groups excluding carboxylic acids is 1. The van der Waals surface area contributed by atoms with Gasteiger partial charge in [0.15, 0.2) is 0 Å². The summed E-state index contributed by atoms with van der Waals surface area (Å²) in [7, 11) is -3.85. The van der Waals surface area contributed by atoms with Gasteiger partial charge in [0.1, 0.15) is 16.9 Å². The smallest absolute Gasteiger partial charge is 0.269 e. The number of benzene rings is 2. The summed E-state index contributed by atoms with van der Waals surface area (Å²) in [6.45, 7) is 1.82. The Hall–Kier alpha value is -2.93. The highest BCUT2D eigenvalue weighted by atomic mass is 32.2. The lowest BCUT2D eigenvalue weighted by molar-refractivity contribution is 0.0864. The summed E-state index contributed by atoms with van der Waals surface area (Å²) >= 11 is 0. The molecule has 1 amide bonds. The number of oxazole rings is 1. The van der Waals surface area contributed by atoms with Crippen molar-refractivity contribution in [2.24, 2.45) is 0 Å². The Morgan fingerprint density at radius 3 is 2.52 bits per heavy atom. The third kappa shape index (κ3) is 2.53. The molecule has 1 aromatic heterocycles. The van der Waals surface area contributed by atoms with Gasteiger partial charge in [-0.1, -0.05) is 29.8 Å². The Morgan fingerprint density at radius 1 is 1.08 bits per heavy atom. The van der Waals surface area contributed by atoms with Gasteiger partial charge in [-0.3, -0.25) is 4.79 Å². The summed E-state index contributed by atoms with van der Waals surface area (Å²) in [6, 6.07) is 13.8. The number of sulfonamides is 1. The average Bonchev–Trinajstić information content (AvgIpc) is 3.14. The van der Waals surface area contributed by atoms with Gasteiger partial charge in [-0.2, -0.15) is 0 Å². The lowest BCUT2D eigenvalue weighted by Gasteiger charge is -2.12. The highest BCUT2D eigenvalue weighted by molar-refractivity contribution is 7.90. The lowest BCUT2D eigenvalue weighted by atomic mass is 10.1. The summed E-state index contributed by atoms with van der Waals surface area (Å²) in [5.74, 6) is -0.160. The van der Waals surface area contributed by atoms with Gasteiger partial charge in [-0.15, -0.1) is 0 Å². The molecule has 0 saturated heterocycles. The highest BCUT2D eigenvalue weighted by Gasteiger charge is 2.41. The van der Waals surface area contributed by atoms with E-state index in [4.69, 9.17) is 4.42 Å². The zero-order chi connectivity index (χ0) is 17.6. The Morgan fingerprint density at radius 2 is 1.80 bits per heavy atom. The monoisotopic (exact) mass is 354 g/mol. The molecule has 1 aliphatic rings. The fourth-order valence-corrected chi connectivity index (χ4v) is 4.28. The van der Waals surface area contributed by atoms with E-state index in [2.05, 4.69) is 4.98 Å². The standard InChI is InChI=1S/C18H14N2O4S/c1-12-6-8-13(9-7-12)17-19-14(11-24-17)10-20-18(21)15-4-2-3-5-16(15)25(20,22)23/h2-9,11H,10H2,1H3. The second-order valence-electron chi connectivity index (χ2n) is 5.82. The quantitative estimate of drug-likeness (QED) is 0.722. The molecule has 0 unspecified atom stereocenters. The van der Waals surface area contributed by atoms with Gasteiger partial charge in [-0.05, 0) is 31.2 Å². The van der Waals surface area contributed by atoms with Crippen LogP contribution in [0.3, 0.4) is 0 Å². The minimum atomic E-state index is -3.85. The third-order valence-electron chi connectivity index (χ3n) is 4.07. The second-order valence-corrected chi connectivity index (χ2v) is 7.65. The van der Waals surface area contributed by atoms with Crippen LogP contribution in [0, 0.1) is 6.92 Å². The van der Waals surface area contributed by atoms with Crippen LogP contribution in [0.15, 0.2) is 64.1 Å². The van der Waals surface area contributed by atoms with E-state index in [1.165, 1.54) is 18.4 Å². The van der Waals surface area contributed by atoms with Crippen molar-refractivity contribution in [3.63, 3.8) is 0 Å². The molecular weight excluding hydrogens is 340 g/mol. The van der Waals surface area contributed by atoms with Crippen molar-refractivity contribution in [2.45, 2.75) is 18.4 Å². The molecule has 3 aromatic rings. The number of aryl methyl sites for hydroxylation is 1. The molecule has 0 spiro atoms. The number of amides is 1. The SMILES string of the molecule is Cc1ccc(-c2nc(CN3C(=O)c4ccccc4S3(=O)=O)co2)cc1. The van der Waals surface area contributed by atoms with Gasteiger partial charge in [0.05, 0.1) is 12.1 Å². The Balaban J connectivity index is 1.64. The van der Waals surface area contributed by atoms with E-state index in [0.717, 1.165) is 15.4 Å². The van der Waals surface area contributed by atoms with E-state index in [1.807, 2.05) is 31.2 Å². The van der Waals surface area contributed by atoms with Crippen LogP contribution in [0.25, 0.3) is 11.5 Å². The predicted molar refractivity (Wildman–Crippen MR) is 90.2 cm³/mol. The molecule has 0 aliphatic carbocycles. The molecule has 0 radical (unpaired) electrons. The molecular formula is C18H14N2O4S. The number of hydrogen-bond donors (Lipinski definition) is 0. The van der Waals surface area contributed by atoms with Crippen molar-refractivity contribution in [2.75, 3.05) is 0 Å². The molecule has 4 rings (SSSR count). The Bertz CT molecular complexity index is 1070. The second kappa shape index (κ2) is 5.56. The van der Waals surface area contributed by atoms with Crippen LogP contribution in [0.1, 0.15) is 21.6 Å². The maximum atomic E-state index is 12.6.